The molecule has 1 aromatic carbocycles. The Morgan fingerprint density at radius 1 is 1.22 bits per heavy atom. The van der Waals surface area contributed by atoms with E-state index >= 15 is 0 Å². The van der Waals surface area contributed by atoms with E-state index in [2.05, 4.69) is 4.98 Å². The van der Waals surface area contributed by atoms with Gasteiger partial charge in [0.05, 0.1) is 17.5 Å². The number of hydrogen-bond donors (Lipinski definition) is 1. The lowest BCUT2D eigenvalue weighted by molar-refractivity contribution is 0.157. The van der Waals surface area contributed by atoms with Crippen molar-refractivity contribution in [3.63, 3.8) is 0 Å². The number of fused-ring (bicyclic) bond motifs is 1. The van der Waals surface area contributed by atoms with Crippen molar-refractivity contribution in [3.8, 4) is 0 Å². The number of aryl methyl sites for hydroxylation is 1. The van der Waals surface area contributed by atoms with Crippen molar-refractivity contribution in [1.29, 1.82) is 0 Å². The zero-order valence-corrected chi connectivity index (χ0v) is 13.8. The van der Waals surface area contributed by atoms with E-state index in [1.165, 1.54) is 18.4 Å². The zero-order chi connectivity index (χ0) is 16.6. The lowest BCUT2D eigenvalue weighted by Gasteiger charge is -2.14. The SMILES string of the molecule is Cc1cc2cccnc2n1CC(O)c1ccc(S(C)(=O)=O)cc1. The van der Waals surface area contributed by atoms with Crippen molar-refractivity contribution >= 4 is 20.9 Å². The fraction of sp³-hybridized carbons (Fsp3) is 0.235. The van der Waals surface area contributed by atoms with Crippen LogP contribution in [0.4, 0.5) is 0 Å². The third kappa shape index (κ3) is 3.13. The highest BCUT2D eigenvalue weighted by Crippen LogP contribution is 2.23. The van der Waals surface area contributed by atoms with E-state index in [0.29, 0.717) is 12.1 Å². The topological polar surface area (TPSA) is 72.2 Å². The van der Waals surface area contributed by atoms with E-state index in [4.69, 9.17) is 0 Å². The molecule has 3 rings (SSSR count). The van der Waals surface area contributed by atoms with Gasteiger partial charge in [0.25, 0.3) is 0 Å². The van der Waals surface area contributed by atoms with Crippen LogP contribution in [0.3, 0.4) is 0 Å². The number of nitrogens with zero attached hydrogens (tertiary/aromatic N) is 2. The van der Waals surface area contributed by atoms with Crippen LogP contribution in [-0.4, -0.2) is 29.3 Å². The van der Waals surface area contributed by atoms with Gasteiger partial charge in [-0.1, -0.05) is 12.1 Å². The molecule has 2 aromatic heterocycles. The maximum Gasteiger partial charge on any atom is 0.175 e. The van der Waals surface area contributed by atoms with Crippen LogP contribution in [0.2, 0.25) is 0 Å². The van der Waals surface area contributed by atoms with Crippen molar-refractivity contribution in [3.05, 3.63) is 59.9 Å². The van der Waals surface area contributed by atoms with Gasteiger partial charge in [-0.25, -0.2) is 13.4 Å². The van der Waals surface area contributed by atoms with Crippen LogP contribution in [0.1, 0.15) is 17.4 Å². The molecule has 0 aliphatic rings. The number of sulfone groups is 1. The largest absolute Gasteiger partial charge is 0.387 e. The quantitative estimate of drug-likeness (QED) is 0.798. The summed E-state index contributed by atoms with van der Waals surface area (Å²) in [7, 11) is -3.23. The predicted molar refractivity (Wildman–Crippen MR) is 89.0 cm³/mol. The van der Waals surface area contributed by atoms with Gasteiger partial charge >= 0.3 is 0 Å². The van der Waals surface area contributed by atoms with Crippen LogP contribution in [0.5, 0.6) is 0 Å². The van der Waals surface area contributed by atoms with E-state index in [-0.39, 0.29) is 4.90 Å². The van der Waals surface area contributed by atoms with Gasteiger partial charge in [0.2, 0.25) is 0 Å². The summed E-state index contributed by atoms with van der Waals surface area (Å²) in [6.07, 6.45) is 2.16. The van der Waals surface area contributed by atoms with Crippen LogP contribution in [0, 0.1) is 6.92 Å². The maximum atomic E-state index is 11.5. The van der Waals surface area contributed by atoms with E-state index in [1.54, 1.807) is 18.3 Å². The van der Waals surface area contributed by atoms with Crippen LogP contribution >= 0.6 is 0 Å². The Labute approximate surface area is 135 Å². The highest BCUT2D eigenvalue weighted by Gasteiger charge is 2.14. The summed E-state index contributed by atoms with van der Waals surface area (Å²) in [5, 5.41) is 11.5. The summed E-state index contributed by atoms with van der Waals surface area (Å²) in [6, 6.07) is 12.2. The minimum Gasteiger partial charge on any atom is -0.387 e. The number of benzene rings is 1. The second kappa shape index (κ2) is 5.79. The van der Waals surface area contributed by atoms with Gasteiger partial charge in [0, 0.05) is 23.5 Å². The molecule has 0 radical (unpaired) electrons. The lowest BCUT2D eigenvalue weighted by Crippen LogP contribution is -2.10. The third-order valence-corrected chi connectivity index (χ3v) is 5.04. The molecule has 0 aliphatic heterocycles. The monoisotopic (exact) mass is 330 g/mol. The number of aromatic nitrogens is 2. The predicted octanol–water partition coefficient (Wildman–Crippen LogP) is 2.48. The Hall–Kier alpha value is -2.18. The van der Waals surface area contributed by atoms with Crippen molar-refractivity contribution < 1.29 is 13.5 Å². The van der Waals surface area contributed by atoms with E-state index < -0.39 is 15.9 Å². The van der Waals surface area contributed by atoms with Crippen molar-refractivity contribution in [2.24, 2.45) is 0 Å². The molecule has 0 saturated heterocycles. The first-order valence-corrected chi connectivity index (χ1v) is 9.14. The Balaban J connectivity index is 1.89. The average molecular weight is 330 g/mol. The lowest BCUT2D eigenvalue weighted by atomic mass is 10.1. The van der Waals surface area contributed by atoms with E-state index in [0.717, 1.165) is 16.7 Å². The summed E-state index contributed by atoms with van der Waals surface area (Å²) in [5.74, 6) is 0. The molecule has 6 heteroatoms. The summed E-state index contributed by atoms with van der Waals surface area (Å²) < 4.78 is 24.9. The van der Waals surface area contributed by atoms with Gasteiger partial charge in [0.1, 0.15) is 5.65 Å². The molecule has 1 unspecified atom stereocenters. The van der Waals surface area contributed by atoms with Crippen LogP contribution in [-0.2, 0) is 16.4 Å². The molecular formula is C17H18N2O3S. The van der Waals surface area contributed by atoms with Gasteiger partial charge < -0.3 is 9.67 Å². The van der Waals surface area contributed by atoms with Crippen LogP contribution in [0.15, 0.2) is 53.6 Å². The molecule has 120 valence electrons. The Kier molecular flexibility index (Phi) is 3.95. The van der Waals surface area contributed by atoms with Gasteiger partial charge in [0.15, 0.2) is 9.84 Å². The minimum atomic E-state index is -3.23. The molecule has 3 aromatic rings. The first-order valence-electron chi connectivity index (χ1n) is 7.25. The second-order valence-electron chi connectivity index (χ2n) is 5.67. The Morgan fingerprint density at radius 2 is 1.91 bits per heavy atom. The van der Waals surface area contributed by atoms with E-state index in [1.807, 2.05) is 29.7 Å². The standard InChI is InChI=1S/C17H18N2O3S/c1-12-10-14-4-3-9-18-17(14)19(12)11-16(20)13-5-7-15(8-6-13)23(2,21)22/h3-10,16,20H,11H2,1-2H3. The number of hydrogen-bond acceptors (Lipinski definition) is 4. The minimum absolute atomic E-state index is 0.248. The molecule has 0 fully saturated rings. The molecule has 23 heavy (non-hydrogen) atoms. The third-order valence-electron chi connectivity index (χ3n) is 3.91. The molecule has 1 atom stereocenters. The fourth-order valence-corrected chi connectivity index (χ4v) is 3.29. The fourth-order valence-electron chi connectivity index (χ4n) is 2.66. The van der Waals surface area contributed by atoms with Gasteiger partial charge in [-0.2, -0.15) is 0 Å². The van der Waals surface area contributed by atoms with Crippen molar-refractivity contribution in [2.45, 2.75) is 24.5 Å². The molecule has 0 spiro atoms. The normalized spacial score (nSPS) is 13.3. The molecular weight excluding hydrogens is 312 g/mol. The second-order valence-corrected chi connectivity index (χ2v) is 7.69. The van der Waals surface area contributed by atoms with Crippen molar-refractivity contribution in [2.75, 3.05) is 6.26 Å². The number of pyridine rings is 1. The summed E-state index contributed by atoms with van der Waals surface area (Å²) >= 11 is 0. The van der Waals surface area contributed by atoms with Crippen molar-refractivity contribution in [1.82, 2.24) is 9.55 Å². The molecule has 0 amide bonds. The highest BCUT2D eigenvalue weighted by atomic mass is 32.2. The molecule has 0 bridgehead atoms. The first-order chi connectivity index (χ1) is 10.9. The molecule has 2 heterocycles. The summed E-state index contributed by atoms with van der Waals surface area (Å²) in [6.45, 7) is 2.34. The summed E-state index contributed by atoms with van der Waals surface area (Å²) in [5.41, 5.74) is 2.52. The maximum absolute atomic E-state index is 11.5. The Morgan fingerprint density at radius 3 is 2.57 bits per heavy atom. The average Bonchev–Trinajstić information content (AvgIpc) is 2.82. The number of rotatable bonds is 4. The smallest absolute Gasteiger partial charge is 0.175 e. The number of aliphatic hydroxyl groups is 1. The molecule has 1 N–H and O–H groups in total. The molecule has 5 nitrogen and oxygen atoms in total. The highest BCUT2D eigenvalue weighted by molar-refractivity contribution is 7.90. The first kappa shape index (κ1) is 15.7. The zero-order valence-electron chi connectivity index (χ0n) is 13.0. The van der Waals surface area contributed by atoms with Gasteiger partial charge in [-0.3, -0.25) is 0 Å². The van der Waals surface area contributed by atoms with E-state index in [9.17, 15) is 13.5 Å². The molecule has 0 saturated carbocycles. The van der Waals surface area contributed by atoms with Crippen LogP contribution < -0.4 is 0 Å². The van der Waals surface area contributed by atoms with Gasteiger partial charge in [-0.15, -0.1) is 0 Å². The summed E-state index contributed by atoms with van der Waals surface area (Å²) in [4.78, 5) is 4.62. The van der Waals surface area contributed by atoms with Crippen LogP contribution in [0.25, 0.3) is 11.0 Å². The Bertz CT molecular complexity index is 944. The van der Waals surface area contributed by atoms with Gasteiger partial charge in [-0.05, 0) is 42.8 Å². The number of aliphatic hydroxyl groups excluding tert-OH is 1. The molecule has 0 aliphatic carbocycles.